The first-order valence-corrected chi connectivity index (χ1v) is 7.25. The zero-order chi connectivity index (χ0) is 13.6. The third kappa shape index (κ3) is 4.59. The van der Waals surface area contributed by atoms with E-state index < -0.39 is 10.0 Å². The Morgan fingerprint density at radius 2 is 2.11 bits per heavy atom. The highest BCUT2D eigenvalue weighted by atomic mass is 32.2. The van der Waals surface area contributed by atoms with E-state index in [1.54, 1.807) is 0 Å². The number of nitrogen functional groups attached to an aromatic ring is 1. The van der Waals surface area contributed by atoms with E-state index in [1.807, 2.05) is 14.1 Å². The molecule has 0 amide bonds. The summed E-state index contributed by atoms with van der Waals surface area (Å²) in [5.74, 6) is 0. The molecule has 0 aliphatic carbocycles. The molecule has 3 N–H and O–H groups in total. The zero-order valence-corrected chi connectivity index (χ0v) is 11.6. The van der Waals surface area contributed by atoms with Crippen molar-refractivity contribution in [3.05, 3.63) is 18.5 Å². The molecule has 1 heterocycles. The van der Waals surface area contributed by atoms with Crippen LogP contribution in [0, 0.1) is 0 Å². The summed E-state index contributed by atoms with van der Waals surface area (Å²) < 4.78 is 26.3. The van der Waals surface area contributed by atoms with Crippen LogP contribution in [0.15, 0.2) is 23.4 Å². The summed E-state index contributed by atoms with van der Waals surface area (Å²) in [5.41, 5.74) is 5.82. The van der Waals surface area contributed by atoms with Crippen LogP contribution in [-0.2, 0) is 10.0 Å². The second-order valence-electron chi connectivity index (χ2n) is 4.32. The molecular weight excluding hydrogens is 252 g/mol. The number of pyridine rings is 1. The van der Waals surface area contributed by atoms with Crippen molar-refractivity contribution in [3.63, 3.8) is 0 Å². The van der Waals surface area contributed by atoms with Gasteiger partial charge in [-0.25, -0.2) is 13.1 Å². The highest BCUT2D eigenvalue weighted by molar-refractivity contribution is 7.89. The van der Waals surface area contributed by atoms with Gasteiger partial charge in [-0.1, -0.05) is 0 Å². The molecule has 0 saturated heterocycles. The van der Waals surface area contributed by atoms with Crippen molar-refractivity contribution in [2.45, 2.75) is 17.7 Å². The van der Waals surface area contributed by atoms with Crippen molar-refractivity contribution >= 4 is 15.7 Å². The molecule has 0 fully saturated rings. The second kappa shape index (κ2) is 6.67. The summed E-state index contributed by atoms with van der Waals surface area (Å²) in [4.78, 5) is 5.88. The van der Waals surface area contributed by atoms with Gasteiger partial charge in [0.2, 0.25) is 10.0 Å². The lowest BCUT2D eigenvalue weighted by molar-refractivity contribution is 0.394. The van der Waals surface area contributed by atoms with Crippen molar-refractivity contribution in [3.8, 4) is 0 Å². The SMILES string of the molecule is CN(C)CCCCNS(=O)(=O)c1cnccc1N. The third-order valence-corrected chi connectivity index (χ3v) is 3.93. The van der Waals surface area contributed by atoms with E-state index in [9.17, 15) is 8.42 Å². The van der Waals surface area contributed by atoms with Crippen LogP contribution in [-0.4, -0.2) is 45.5 Å². The van der Waals surface area contributed by atoms with Crippen LogP contribution in [0.2, 0.25) is 0 Å². The first kappa shape index (κ1) is 14.9. The molecule has 0 aliphatic heterocycles. The van der Waals surface area contributed by atoms with E-state index in [-0.39, 0.29) is 10.6 Å². The molecule has 0 atom stereocenters. The molecule has 0 aliphatic rings. The van der Waals surface area contributed by atoms with Crippen LogP contribution in [0.25, 0.3) is 0 Å². The Morgan fingerprint density at radius 3 is 2.72 bits per heavy atom. The molecule has 102 valence electrons. The van der Waals surface area contributed by atoms with Crippen LogP contribution < -0.4 is 10.5 Å². The first-order chi connectivity index (χ1) is 8.43. The molecule has 18 heavy (non-hydrogen) atoms. The van der Waals surface area contributed by atoms with Crippen LogP contribution >= 0.6 is 0 Å². The van der Waals surface area contributed by atoms with Crippen molar-refractivity contribution in [2.75, 3.05) is 32.9 Å². The summed E-state index contributed by atoms with van der Waals surface area (Å²) in [7, 11) is 0.430. The standard InChI is InChI=1S/C11H20N4O2S/c1-15(2)8-4-3-6-14-18(16,17)11-9-13-7-5-10(11)12/h5,7,9,14H,3-4,6,8H2,1-2H3,(H2,12,13). The van der Waals surface area contributed by atoms with Gasteiger partial charge >= 0.3 is 0 Å². The molecule has 0 unspecified atom stereocenters. The van der Waals surface area contributed by atoms with Crippen molar-refractivity contribution < 1.29 is 8.42 Å². The number of hydrogen-bond donors (Lipinski definition) is 2. The number of nitrogens with two attached hydrogens (primary N) is 1. The van der Waals surface area contributed by atoms with Crippen LogP contribution in [0.5, 0.6) is 0 Å². The Bertz CT molecular complexity index is 474. The molecule has 7 heteroatoms. The number of hydrogen-bond acceptors (Lipinski definition) is 5. The summed E-state index contributed by atoms with van der Waals surface area (Å²) >= 11 is 0. The van der Waals surface area contributed by atoms with Gasteiger partial charge in [-0.15, -0.1) is 0 Å². The highest BCUT2D eigenvalue weighted by Gasteiger charge is 2.16. The lowest BCUT2D eigenvalue weighted by Gasteiger charge is -2.10. The van der Waals surface area contributed by atoms with Gasteiger partial charge in [0, 0.05) is 18.9 Å². The largest absolute Gasteiger partial charge is 0.398 e. The molecule has 1 rings (SSSR count). The van der Waals surface area contributed by atoms with E-state index in [0.29, 0.717) is 6.54 Å². The molecule has 0 radical (unpaired) electrons. The van der Waals surface area contributed by atoms with Crippen LogP contribution in [0.4, 0.5) is 5.69 Å². The lowest BCUT2D eigenvalue weighted by atomic mass is 10.3. The fraction of sp³-hybridized carbons (Fsp3) is 0.545. The molecule has 0 saturated carbocycles. The minimum Gasteiger partial charge on any atom is -0.398 e. The van der Waals surface area contributed by atoms with Crippen molar-refractivity contribution in [1.82, 2.24) is 14.6 Å². The van der Waals surface area contributed by atoms with Gasteiger partial charge in [0.1, 0.15) is 4.90 Å². The summed E-state index contributed by atoms with van der Waals surface area (Å²) in [6.45, 7) is 1.35. The van der Waals surface area contributed by atoms with Gasteiger partial charge in [0.05, 0.1) is 5.69 Å². The van der Waals surface area contributed by atoms with Gasteiger partial charge < -0.3 is 10.6 Å². The number of sulfonamides is 1. The van der Waals surface area contributed by atoms with Gasteiger partial charge in [-0.3, -0.25) is 4.98 Å². The van der Waals surface area contributed by atoms with E-state index in [2.05, 4.69) is 14.6 Å². The average molecular weight is 272 g/mol. The predicted molar refractivity (Wildman–Crippen MR) is 71.6 cm³/mol. The number of nitrogens with one attached hydrogen (secondary N) is 1. The predicted octanol–water partition coefficient (Wildman–Crippen LogP) is 0.284. The summed E-state index contributed by atoms with van der Waals surface area (Å²) in [5, 5.41) is 0. The van der Waals surface area contributed by atoms with Gasteiger partial charge in [0.25, 0.3) is 0 Å². The number of aromatic nitrogens is 1. The number of rotatable bonds is 7. The van der Waals surface area contributed by atoms with Gasteiger partial charge in [0.15, 0.2) is 0 Å². The van der Waals surface area contributed by atoms with E-state index in [1.165, 1.54) is 18.5 Å². The molecular formula is C11H20N4O2S. The maximum atomic E-state index is 11.9. The summed E-state index contributed by atoms with van der Waals surface area (Å²) in [6.07, 6.45) is 4.46. The summed E-state index contributed by atoms with van der Waals surface area (Å²) in [6, 6.07) is 1.47. The van der Waals surface area contributed by atoms with E-state index in [0.717, 1.165) is 19.4 Å². The maximum absolute atomic E-state index is 11.9. The monoisotopic (exact) mass is 272 g/mol. The number of unbranched alkanes of at least 4 members (excludes halogenated alkanes) is 1. The third-order valence-electron chi connectivity index (χ3n) is 2.43. The quantitative estimate of drug-likeness (QED) is 0.696. The molecule has 1 aromatic heterocycles. The number of nitrogens with zero attached hydrogens (tertiary/aromatic N) is 2. The van der Waals surface area contributed by atoms with Crippen molar-refractivity contribution in [2.24, 2.45) is 0 Å². The van der Waals surface area contributed by atoms with Crippen LogP contribution in [0.3, 0.4) is 0 Å². The first-order valence-electron chi connectivity index (χ1n) is 5.77. The molecule has 0 bridgehead atoms. The normalized spacial score (nSPS) is 11.9. The topological polar surface area (TPSA) is 88.3 Å². The Labute approximate surface area is 108 Å². The second-order valence-corrected chi connectivity index (χ2v) is 6.06. The van der Waals surface area contributed by atoms with E-state index in [4.69, 9.17) is 5.73 Å². The zero-order valence-electron chi connectivity index (χ0n) is 10.8. The smallest absolute Gasteiger partial charge is 0.244 e. The maximum Gasteiger partial charge on any atom is 0.244 e. The molecule has 0 aromatic carbocycles. The minimum absolute atomic E-state index is 0.0395. The Morgan fingerprint density at radius 1 is 1.39 bits per heavy atom. The average Bonchev–Trinajstić information content (AvgIpc) is 2.28. The Balaban J connectivity index is 2.49. The molecule has 1 aromatic rings. The van der Waals surface area contributed by atoms with Gasteiger partial charge in [-0.05, 0) is 39.5 Å². The Kier molecular flexibility index (Phi) is 5.52. The Hall–Kier alpha value is -1.18. The lowest BCUT2D eigenvalue weighted by Crippen LogP contribution is -2.26. The van der Waals surface area contributed by atoms with E-state index >= 15 is 0 Å². The number of anilines is 1. The highest BCUT2D eigenvalue weighted by Crippen LogP contribution is 2.15. The fourth-order valence-corrected chi connectivity index (χ4v) is 2.60. The fourth-order valence-electron chi connectivity index (χ4n) is 1.45. The van der Waals surface area contributed by atoms with Crippen molar-refractivity contribution in [1.29, 1.82) is 0 Å². The van der Waals surface area contributed by atoms with Crippen LogP contribution in [0.1, 0.15) is 12.8 Å². The molecule has 0 spiro atoms. The minimum atomic E-state index is -3.54. The molecule has 6 nitrogen and oxygen atoms in total. The van der Waals surface area contributed by atoms with Gasteiger partial charge in [-0.2, -0.15) is 0 Å².